The van der Waals surface area contributed by atoms with E-state index in [4.69, 9.17) is 0 Å². The molecular weight excluding hydrogens is 221 g/mol. The van der Waals surface area contributed by atoms with Crippen molar-refractivity contribution in [2.75, 3.05) is 0 Å². The number of nitrogens with zero attached hydrogens (tertiary/aromatic N) is 3. The van der Waals surface area contributed by atoms with E-state index in [1.54, 1.807) is 17.9 Å². The summed E-state index contributed by atoms with van der Waals surface area (Å²) in [6.45, 7) is 1.96. The monoisotopic (exact) mass is 235 g/mol. The van der Waals surface area contributed by atoms with E-state index in [0.717, 1.165) is 18.3 Å². The summed E-state index contributed by atoms with van der Waals surface area (Å²) < 4.78 is 14.7. The summed E-state index contributed by atoms with van der Waals surface area (Å²) in [5.74, 6) is -0.455. The SMILES string of the molecule is CCc1nn(C)cc1C(O)c1cncc(F)c1. The zero-order chi connectivity index (χ0) is 12.4. The maximum atomic E-state index is 13.0. The van der Waals surface area contributed by atoms with Crippen molar-refractivity contribution in [3.63, 3.8) is 0 Å². The third kappa shape index (κ3) is 2.34. The number of aromatic nitrogens is 3. The Morgan fingerprint density at radius 1 is 1.47 bits per heavy atom. The van der Waals surface area contributed by atoms with E-state index in [1.165, 1.54) is 12.3 Å². The first kappa shape index (κ1) is 11.7. The maximum absolute atomic E-state index is 13.0. The van der Waals surface area contributed by atoms with Gasteiger partial charge in [-0.1, -0.05) is 6.92 Å². The molecule has 0 aliphatic rings. The van der Waals surface area contributed by atoms with Crippen LogP contribution in [0.25, 0.3) is 0 Å². The fraction of sp³-hybridized carbons (Fsp3) is 0.333. The topological polar surface area (TPSA) is 50.9 Å². The van der Waals surface area contributed by atoms with Crippen LogP contribution in [-0.4, -0.2) is 19.9 Å². The van der Waals surface area contributed by atoms with E-state index in [2.05, 4.69) is 10.1 Å². The highest BCUT2D eigenvalue weighted by molar-refractivity contribution is 5.29. The number of halogens is 1. The van der Waals surface area contributed by atoms with Crippen LogP contribution in [0.2, 0.25) is 0 Å². The van der Waals surface area contributed by atoms with Crippen molar-refractivity contribution in [2.24, 2.45) is 7.05 Å². The summed E-state index contributed by atoms with van der Waals surface area (Å²) in [7, 11) is 1.79. The minimum Gasteiger partial charge on any atom is -0.383 e. The predicted molar refractivity (Wildman–Crippen MR) is 60.8 cm³/mol. The molecule has 4 nitrogen and oxygen atoms in total. The summed E-state index contributed by atoms with van der Waals surface area (Å²) >= 11 is 0. The Kier molecular flexibility index (Phi) is 3.19. The van der Waals surface area contributed by atoms with Gasteiger partial charge in [-0.15, -0.1) is 0 Å². The molecule has 5 heteroatoms. The molecule has 17 heavy (non-hydrogen) atoms. The van der Waals surface area contributed by atoms with Crippen molar-refractivity contribution >= 4 is 0 Å². The molecule has 2 rings (SSSR count). The van der Waals surface area contributed by atoms with Gasteiger partial charge in [0, 0.05) is 30.6 Å². The molecule has 2 heterocycles. The molecule has 1 N–H and O–H groups in total. The Balaban J connectivity index is 2.39. The molecule has 0 aromatic carbocycles. The number of aliphatic hydroxyl groups excluding tert-OH is 1. The Bertz CT molecular complexity index is 524. The summed E-state index contributed by atoms with van der Waals surface area (Å²) in [6.07, 6.45) is 4.15. The molecule has 1 atom stereocenters. The summed E-state index contributed by atoms with van der Waals surface area (Å²) in [5.41, 5.74) is 1.94. The highest BCUT2D eigenvalue weighted by Gasteiger charge is 2.17. The molecule has 0 fully saturated rings. The number of hydrogen-bond acceptors (Lipinski definition) is 3. The summed E-state index contributed by atoms with van der Waals surface area (Å²) in [4.78, 5) is 3.73. The standard InChI is InChI=1S/C12H14FN3O/c1-3-11-10(7-16(2)15-11)12(17)8-4-9(13)6-14-5-8/h4-7,12,17H,3H2,1-2H3. The second-order valence-electron chi connectivity index (χ2n) is 3.90. The van der Waals surface area contributed by atoms with Crippen molar-refractivity contribution in [1.82, 2.24) is 14.8 Å². The molecule has 1 unspecified atom stereocenters. The first-order valence-electron chi connectivity index (χ1n) is 5.42. The highest BCUT2D eigenvalue weighted by Crippen LogP contribution is 2.24. The quantitative estimate of drug-likeness (QED) is 0.879. The number of hydrogen-bond donors (Lipinski definition) is 1. The minimum absolute atomic E-state index is 0.438. The maximum Gasteiger partial charge on any atom is 0.141 e. The van der Waals surface area contributed by atoms with E-state index < -0.39 is 11.9 Å². The van der Waals surface area contributed by atoms with E-state index in [0.29, 0.717) is 11.1 Å². The van der Waals surface area contributed by atoms with Crippen molar-refractivity contribution in [2.45, 2.75) is 19.4 Å². The first-order valence-corrected chi connectivity index (χ1v) is 5.42. The molecule has 0 bridgehead atoms. The van der Waals surface area contributed by atoms with Gasteiger partial charge in [0.2, 0.25) is 0 Å². The fourth-order valence-corrected chi connectivity index (χ4v) is 1.81. The Morgan fingerprint density at radius 2 is 2.24 bits per heavy atom. The number of rotatable bonds is 3. The predicted octanol–water partition coefficient (Wildman–Crippen LogP) is 1.60. The van der Waals surface area contributed by atoms with Crippen LogP contribution in [0.3, 0.4) is 0 Å². The van der Waals surface area contributed by atoms with E-state index >= 15 is 0 Å². The van der Waals surface area contributed by atoms with Gasteiger partial charge in [-0.25, -0.2) is 4.39 Å². The van der Waals surface area contributed by atoms with Crippen LogP contribution < -0.4 is 0 Å². The second kappa shape index (κ2) is 4.63. The van der Waals surface area contributed by atoms with Gasteiger partial charge in [0.05, 0.1) is 11.9 Å². The summed E-state index contributed by atoms with van der Waals surface area (Å²) in [6, 6.07) is 1.28. The summed E-state index contributed by atoms with van der Waals surface area (Å²) in [5, 5.41) is 14.4. The average molecular weight is 235 g/mol. The molecule has 0 saturated heterocycles. The Hall–Kier alpha value is -1.75. The molecule has 0 amide bonds. The van der Waals surface area contributed by atoms with Crippen molar-refractivity contribution < 1.29 is 9.50 Å². The number of pyridine rings is 1. The third-order valence-electron chi connectivity index (χ3n) is 2.61. The second-order valence-corrected chi connectivity index (χ2v) is 3.90. The van der Waals surface area contributed by atoms with Crippen LogP contribution in [-0.2, 0) is 13.5 Å². The van der Waals surface area contributed by atoms with Crippen LogP contribution in [0.5, 0.6) is 0 Å². The highest BCUT2D eigenvalue weighted by atomic mass is 19.1. The van der Waals surface area contributed by atoms with Gasteiger partial charge in [0.15, 0.2) is 0 Å². The zero-order valence-electron chi connectivity index (χ0n) is 9.76. The molecule has 2 aromatic heterocycles. The van der Waals surface area contributed by atoms with Gasteiger partial charge in [-0.05, 0) is 12.5 Å². The van der Waals surface area contributed by atoms with Crippen molar-refractivity contribution in [1.29, 1.82) is 0 Å². The van der Waals surface area contributed by atoms with Gasteiger partial charge < -0.3 is 5.11 Å². The normalized spacial score (nSPS) is 12.7. The lowest BCUT2D eigenvalue weighted by molar-refractivity contribution is 0.218. The largest absolute Gasteiger partial charge is 0.383 e. The lowest BCUT2D eigenvalue weighted by atomic mass is 10.0. The lowest BCUT2D eigenvalue weighted by Gasteiger charge is -2.09. The van der Waals surface area contributed by atoms with Gasteiger partial charge in [-0.2, -0.15) is 5.10 Å². The van der Waals surface area contributed by atoms with Gasteiger partial charge in [0.1, 0.15) is 11.9 Å². The van der Waals surface area contributed by atoms with Crippen molar-refractivity contribution in [3.05, 3.63) is 47.3 Å². The molecule has 2 aromatic rings. The Labute approximate surface area is 98.7 Å². The van der Waals surface area contributed by atoms with E-state index in [1.807, 2.05) is 6.92 Å². The van der Waals surface area contributed by atoms with Crippen LogP contribution in [0.4, 0.5) is 4.39 Å². The van der Waals surface area contributed by atoms with Gasteiger partial charge in [-0.3, -0.25) is 9.67 Å². The lowest BCUT2D eigenvalue weighted by Crippen LogP contribution is -2.02. The molecule has 0 spiro atoms. The van der Waals surface area contributed by atoms with Crippen molar-refractivity contribution in [3.8, 4) is 0 Å². The van der Waals surface area contributed by atoms with Gasteiger partial charge in [0.25, 0.3) is 0 Å². The van der Waals surface area contributed by atoms with E-state index in [9.17, 15) is 9.50 Å². The average Bonchev–Trinajstić information content (AvgIpc) is 2.69. The molecule has 0 radical (unpaired) electrons. The molecule has 0 saturated carbocycles. The Morgan fingerprint density at radius 3 is 2.88 bits per heavy atom. The third-order valence-corrected chi connectivity index (χ3v) is 2.61. The van der Waals surface area contributed by atoms with Crippen LogP contribution in [0.1, 0.15) is 29.8 Å². The first-order chi connectivity index (χ1) is 8.11. The zero-order valence-corrected chi connectivity index (χ0v) is 9.76. The van der Waals surface area contributed by atoms with E-state index in [-0.39, 0.29) is 0 Å². The molecule has 90 valence electrons. The van der Waals surface area contributed by atoms with Crippen LogP contribution >= 0.6 is 0 Å². The minimum atomic E-state index is -0.887. The molecule has 0 aliphatic heterocycles. The smallest absolute Gasteiger partial charge is 0.141 e. The van der Waals surface area contributed by atoms with Gasteiger partial charge >= 0.3 is 0 Å². The van der Waals surface area contributed by atoms with Crippen LogP contribution in [0.15, 0.2) is 24.7 Å². The fourth-order valence-electron chi connectivity index (χ4n) is 1.81. The number of aryl methyl sites for hydroxylation is 2. The molecule has 0 aliphatic carbocycles. The number of aliphatic hydroxyl groups is 1. The van der Waals surface area contributed by atoms with Crippen LogP contribution in [0, 0.1) is 5.82 Å². The molecular formula is C12H14FN3O.